The Labute approximate surface area is 119 Å². The number of rotatable bonds is 6. The van der Waals surface area contributed by atoms with E-state index in [0.717, 1.165) is 44.3 Å². The van der Waals surface area contributed by atoms with E-state index in [1.54, 1.807) is 6.26 Å². The van der Waals surface area contributed by atoms with Gasteiger partial charge in [0.05, 0.1) is 5.69 Å². The molecule has 0 spiro atoms. The van der Waals surface area contributed by atoms with Crippen LogP contribution in [0, 0.1) is 5.92 Å². The maximum atomic E-state index is 4.93. The summed E-state index contributed by atoms with van der Waals surface area (Å²) in [5, 5.41) is 7.45. The Morgan fingerprint density at radius 2 is 2.35 bits per heavy atom. The van der Waals surface area contributed by atoms with Crippen LogP contribution in [0.1, 0.15) is 17.7 Å². The quantitative estimate of drug-likeness (QED) is 0.867. The second-order valence-electron chi connectivity index (χ2n) is 5.38. The highest BCUT2D eigenvalue weighted by Gasteiger charge is 2.19. The van der Waals surface area contributed by atoms with E-state index in [0.29, 0.717) is 0 Å². The lowest BCUT2D eigenvalue weighted by Gasteiger charge is -2.24. The average Bonchev–Trinajstić information content (AvgIpc) is 3.13. The number of nitrogens with one attached hydrogen (secondary N) is 1. The van der Waals surface area contributed by atoms with Gasteiger partial charge in [0.2, 0.25) is 0 Å². The van der Waals surface area contributed by atoms with E-state index in [4.69, 9.17) is 4.52 Å². The van der Waals surface area contributed by atoms with E-state index < -0.39 is 0 Å². The summed E-state index contributed by atoms with van der Waals surface area (Å²) in [4.78, 5) is 6.62. The van der Waals surface area contributed by atoms with Crippen LogP contribution in [0.15, 0.2) is 41.4 Å². The van der Waals surface area contributed by atoms with Crippen molar-refractivity contribution >= 4 is 0 Å². The highest BCUT2D eigenvalue weighted by molar-refractivity contribution is 5.08. The highest BCUT2D eigenvalue weighted by Crippen LogP contribution is 2.14. The Hall–Kier alpha value is -1.72. The molecule has 0 aliphatic carbocycles. The van der Waals surface area contributed by atoms with Crippen molar-refractivity contribution in [1.29, 1.82) is 0 Å². The Bertz CT molecular complexity index is 494. The van der Waals surface area contributed by atoms with E-state index in [9.17, 15) is 0 Å². The molecule has 1 aliphatic rings. The average molecular weight is 272 g/mol. The molecule has 2 aromatic rings. The van der Waals surface area contributed by atoms with Gasteiger partial charge in [-0.05, 0) is 37.1 Å². The molecule has 0 amide bonds. The SMILES string of the molecule is c1cncc(CN(Cc2ccon2)C[C@@H]2CCNC2)c1. The predicted molar refractivity (Wildman–Crippen MR) is 75.8 cm³/mol. The lowest BCUT2D eigenvalue weighted by Crippen LogP contribution is -2.30. The van der Waals surface area contributed by atoms with Crippen LogP contribution in [0.4, 0.5) is 0 Å². The molecule has 0 radical (unpaired) electrons. The van der Waals surface area contributed by atoms with Crippen LogP contribution in [-0.4, -0.2) is 34.7 Å². The van der Waals surface area contributed by atoms with Crippen molar-refractivity contribution in [3.05, 3.63) is 48.1 Å². The molecular formula is C15H20N4O. The second kappa shape index (κ2) is 6.63. The van der Waals surface area contributed by atoms with Gasteiger partial charge >= 0.3 is 0 Å². The third-order valence-electron chi connectivity index (χ3n) is 3.68. The van der Waals surface area contributed by atoms with Crippen molar-refractivity contribution in [2.75, 3.05) is 19.6 Å². The van der Waals surface area contributed by atoms with Crippen molar-refractivity contribution < 1.29 is 4.52 Å². The van der Waals surface area contributed by atoms with Crippen LogP contribution < -0.4 is 5.32 Å². The number of nitrogens with zero attached hydrogens (tertiary/aromatic N) is 3. The second-order valence-corrected chi connectivity index (χ2v) is 5.38. The molecule has 0 bridgehead atoms. The molecule has 0 unspecified atom stereocenters. The summed E-state index contributed by atoms with van der Waals surface area (Å²) in [5.41, 5.74) is 2.22. The number of pyridine rings is 1. The molecule has 5 heteroatoms. The van der Waals surface area contributed by atoms with Crippen molar-refractivity contribution in [3.63, 3.8) is 0 Å². The highest BCUT2D eigenvalue weighted by atomic mass is 16.5. The minimum Gasteiger partial charge on any atom is -0.364 e. The maximum absolute atomic E-state index is 4.93. The normalized spacial score (nSPS) is 18.8. The molecule has 1 saturated heterocycles. The smallest absolute Gasteiger partial charge is 0.124 e. The lowest BCUT2D eigenvalue weighted by atomic mass is 10.1. The van der Waals surface area contributed by atoms with Crippen LogP contribution in [0.25, 0.3) is 0 Å². The molecule has 2 aromatic heterocycles. The molecular weight excluding hydrogens is 252 g/mol. The molecule has 3 heterocycles. The first-order valence-corrected chi connectivity index (χ1v) is 7.11. The van der Waals surface area contributed by atoms with Gasteiger partial charge in [-0.3, -0.25) is 9.88 Å². The van der Waals surface area contributed by atoms with Crippen LogP contribution in [0.2, 0.25) is 0 Å². The Balaban J connectivity index is 1.65. The van der Waals surface area contributed by atoms with Crippen LogP contribution in [0.5, 0.6) is 0 Å². The first-order chi connectivity index (χ1) is 9.90. The monoisotopic (exact) mass is 272 g/mol. The summed E-state index contributed by atoms with van der Waals surface area (Å²) in [6.45, 7) is 5.05. The van der Waals surface area contributed by atoms with Gasteiger partial charge < -0.3 is 9.84 Å². The number of hydrogen-bond acceptors (Lipinski definition) is 5. The van der Waals surface area contributed by atoms with Crippen molar-refractivity contribution in [1.82, 2.24) is 20.4 Å². The molecule has 106 valence electrons. The number of aromatic nitrogens is 2. The zero-order valence-electron chi connectivity index (χ0n) is 11.5. The molecule has 1 fully saturated rings. The lowest BCUT2D eigenvalue weighted by molar-refractivity contribution is 0.214. The molecule has 1 N–H and O–H groups in total. The van der Waals surface area contributed by atoms with Gasteiger partial charge in [0.1, 0.15) is 6.26 Å². The zero-order chi connectivity index (χ0) is 13.6. The van der Waals surface area contributed by atoms with Crippen LogP contribution in [-0.2, 0) is 13.1 Å². The zero-order valence-corrected chi connectivity index (χ0v) is 11.5. The number of hydrogen-bond donors (Lipinski definition) is 1. The summed E-state index contributed by atoms with van der Waals surface area (Å²) >= 11 is 0. The van der Waals surface area contributed by atoms with Crippen molar-refractivity contribution in [2.24, 2.45) is 5.92 Å². The van der Waals surface area contributed by atoms with Gasteiger partial charge in [0, 0.05) is 38.1 Å². The van der Waals surface area contributed by atoms with Gasteiger partial charge in [0.15, 0.2) is 0 Å². The Morgan fingerprint density at radius 3 is 3.05 bits per heavy atom. The predicted octanol–water partition coefficient (Wildman–Crippen LogP) is 1.68. The molecule has 0 aromatic carbocycles. The van der Waals surface area contributed by atoms with E-state index >= 15 is 0 Å². The van der Waals surface area contributed by atoms with E-state index in [2.05, 4.69) is 26.4 Å². The molecule has 0 saturated carbocycles. The summed E-state index contributed by atoms with van der Waals surface area (Å²) in [6, 6.07) is 6.04. The van der Waals surface area contributed by atoms with Gasteiger partial charge in [-0.1, -0.05) is 11.2 Å². The first-order valence-electron chi connectivity index (χ1n) is 7.11. The third-order valence-corrected chi connectivity index (χ3v) is 3.68. The fraction of sp³-hybridized carbons (Fsp3) is 0.467. The molecule has 1 aliphatic heterocycles. The maximum Gasteiger partial charge on any atom is 0.124 e. The van der Waals surface area contributed by atoms with E-state index in [1.807, 2.05) is 24.5 Å². The van der Waals surface area contributed by atoms with Crippen LogP contribution >= 0.6 is 0 Å². The molecule has 3 rings (SSSR count). The van der Waals surface area contributed by atoms with Crippen LogP contribution in [0.3, 0.4) is 0 Å². The third kappa shape index (κ3) is 3.65. The standard InChI is InChI=1S/C15H20N4O/c1-2-13(8-16-5-1)10-19(11-14-3-6-17-9-14)12-15-4-7-20-18-15/h1-2,4-5,7-8,14,17H,3,6,9-12H2/t14-/m1/s1. The fourth-order valence-electron chi connectivity index (χ4n) is 2.72. The van der Waals surface area contributed by atoms with Gasteiger partial charge in [0.25, 0.3) is 0 Å². The van der Waals surface area contributed by atoms with Gasteiger partial charge in [-0.25, -0.2) is 0 Å². The molecule has 5 nitrogen and oxygen atoms in total. The summed E-state index contributed by atoms with van der Waals surface area (Å²) in [5.74, 6) is 0.721. The summed E-state index contributed by atoms with van der Waals surface area (Å²) < 4.78 is 4.93. The van der Waals surface area contributed by atoms with E-state index in [1.165, 1.54) is 12.0 Å². The minimum atomic E-state index is 0.721. The Kier molecular flexibility index (Phi) is 4.40. The Morgan fingerprint density at radius 1 is 1.35 bits per heavy atom. The first kappa shape index (κ1) is 13.3. The minimum absolute atomic E-state index is 0.721. The molecule has 1 atom stereocenters. The summed E-state index contributed by atoms with van der Waals surface area (Å²) in [7, 11) is 0. The van der Waals surface area contributed by atoms with Gasteiger partial charge in [-0.2, -0.15) is 0 Å². The van der Waals surface area contributed by atoms with Crippen molar-refractivity contribution in [2.45, 2.75) is 19.5 Å². The topological polar surface area (TPSA) is 54.2 Å². The molecule has 20 heavy (non-hydrogen) atoms. The summed E-state index contributed by atoms with van der Waals surface area (Å²) in [6.07, 6.45) is 6.63. The van der Waals surface area contributed by atoms with Crippen molar-refractivity contribution in [3.8, 4) is 0 Å². The van der Waals surface area contributed by atoms with E-state index in [-0.39, 0.29) is 0 Å². The largest absolute Gasteiger partial charge is 0.364 e. The fourth-order valence-corrected chi connectivity index (χ4v) is 2.72. The van der Waals surface area contributed by atoms with Gasteiger partial charge in [-0.15, -0.1) is 0 Å².